The molecule has 0 saturated carbocycles. The molecule has 0 atom stereocenters. The number of aliphatic imine (C=N–C) groups is 1. The van der Waals surface area contributed by atoms with Gasteiger partial charge >= 0.3 is 0 Å². The zero-order valence-electron chi connectivity index (χ0n) is 13.3. The second-order valence-corrected chi connectivity index (χ2v) is 6.01. The van der Waals surface area contributed by atoms with Crippen LogP contribution in [0.4, 0.5) is 4.39 Å². The topological polar surface area (TPSA) is 63.3 Å². The van der Waals surface area contributed by atoms with Crippen molar-refractivity contribution in [2.45, 2.75) is 12.2 Å². The lowest BCUT2D eigenvalue weighted by Crippen LogP contribution is -2.33. The van der Waals surface area contributed by atoms with E-state index in [0.717, 1.165) is 23.4 Å². The summed E-state index contributed by atoms with van der Waals surface area (Å²) in [6.45, 7) is 1.32. The molecule has 1 heterocycles. The van der Waals surface area contributed by atoms with Gasteiger partial charge in [0.1, 0.15) is 5.82 Å². The molecule has 0 spiro atoms. The lowest BCUT2D eigenvalue weighted by atomic mass is 10.2. The molecule has 24 heavy (non-hydrogen) atoms. The van der Waals surface area contributed by atoms with Crippen LogP contribution >= 0.6 is 35.7 Å². The normalized spacial score (nSPS) is 11.0. The third-order valence-electron chi connectivity index (χ3n) is 3.15. The molecule has 0 aliphatic carbocycles. The largest absolute Gasteiger partial charge is 0.370 e. The standard InChI is InChI=1S/C17H21FN4S.HI/c18-16-7-2-1-5-14(16)13-23-12-11-22-17(19)21-10-8-15-6-3-4-9-20-15;/h1-7,9H,8,10-13H2,(H3,19,21,22);1H. The van der Waals surface area contributed by atoms with Crippen molar-refractivity contribution in [3.8, 4) is 0 Å². The fourth-order valence-corrected chi connectivity index (χ4v) is 2.77. The number of aromatic nitrogens is 1. The van der Waals surface area contributed by atoms with Crippen LogP contribution in [-0.4, -0.2) is 29.8 Å². The van der Waals surface area contributed by atoms with Gasteiger partial charge in [0.25, 0.3) is 0 Å². The molecule has 0 fully saturated rings. The lowest BCUT2D eigenvalue weighted by molar-refractivity contribution is 0.617. The zero-order chi connectivity index (χ0) is 16.3. The van der Waals surface area contributed by atoms with Crippen LogP contribution in [0.2, 0.25) is 0 Å². The van der Waals surface area contributed by atoms with Gasteiger partial charge in [0.15, 0.2) is 5.96 Å². The first kappa shape index (κ1) is 20.7. The van der Waals surface area contributed by atoms with Crippen LogP contribution in [-0.2, 0) is 12.2 Å². The van der Waals surface area contributed by atoms with E-state index in [1.54, 1.807) is 30.1 Å². The predicted octanol–water partition coefficient (Wildman–Crippen LogP) is 3.22. The minimum atomic E-state index is -0.154. The Kier molecular flexibility index (Phi) is 10.4. The molecule has 2 aromatic rings. The second kappa shape index (κ2) is 12.1. The number of guanidine groups is 1. The number of nitrogens with two attached hydrogens (primary N) is 1. The molecule has 2 rings (SSSR count). The van der Waals surface area contributed by atoms with E-state index in [1.807, 2.05) is 24.3 Å². The molecule has 3 N–H and O–H groups in total. The highest BCUT2D eigenvalue weighted by molar-refractivity contribution is 14.0. The van der Waals surface area contributed by atoms with E-state index in [0.29, 0.717) is 24.8 Å². The fraction of sp³-hybridized carbons (Fsp3) is 0.294. The van der Waals surface area contributed by atoms with Crippen LogP contribution in [0.25, 0.3) is 0 Å². The van der Waals surface area contributed by atoms with Gasteiger partial charge in [-0.25, -0.2) is 4.39 Å². The molecule has 0 saturated heterocycles. The molecule has 0 amide bonds. The Morgan fingerprint density at radius 1 is 1.21 bits per heavy atom. The number of hydrogen-bond donors (Lipinski definition) is 2. The molecule has 0 bridgehead atoms. The van der Waals surface area contributed by atoms with Crippen molar-refractivity contribution in [3.05, 3.63) is 65.7 Å². The molecule has 0 aliphatic heterocycles. The van der Waals surface area contributed by atoms with Crippen molar-refractivity contribution in [2.75, 3.05) is 18.8 Å². The average molecular weight is 460 g/mol. The first-order valence-electron chi connectivity index (χ1n) is 7.50. The van der Waals surface area contributed by atoms with Gasteiger partial charge in [-0.05, 0) is 23.8 Å². The maximum Gasteiger partial charge on any atom is 0.188 e. The maximum absolute atomic E-state index is 13.4. The Morgan fingerprint density at radius 3 is 2.75 bits per heavy atom. The van der Waals surface area contributed by atoms with Gasteiger partial charge in [-0.3, -0.25) is 9.98 Å². The number of hydrogen-bond acceptors (Lipinski definition) is 3. The fourth-order valence-electron chi connectivity index (χ4n) is 1.95. The Hall–Kier alpha value is -1.35. The van der Waals surface area contributed by atoms with Gasteiger partial charge in [-0.15, -0.1) is 24.0 Å². The molecule has 0 unspecified atom stereocenters. The molecule has 4 nitrogen and oxygen atoms in total. The minimum Gasteiger partial charge on any atom is -0.370 e. The highest BCUT2D eigenvalue weighted by Crippen LogP contribution is 2.14. The number of nitrogens with one attached hydrogen (secondary N) is 1. The van der Waals surface area contributed by atoms with Crippen LogP contribution in [0.15, 0.2) is 53.7 Å². The monoisotopic (exact) mass is 460 g/mol. The van der Waals surface area contributed by atoms with Crippen LogP contribution in [0.3, 0.4) is 0 Å². The van der Waals surface area contributed by atoms with Gasteiger partial charge in [0.05, 0.1) is 6.54 Å². The Balaban J connectivity index is 0.00000288. The number of nitrogens with zero attached hydrogens (tertiary/aromatic N) is 2. The summed E-state index contributed by atoms with van der Waals surface area (Å²) < 4.78 is 13.4. The van der Waals surface area contributed by atoms with Gasteiger partial charge in [-0.2, -0.15) is 11.8 Å². The Morgan fingerprint density at radius 2 is 2.00 bits per heavy atom. The van der Waals surface area contributed by atoms with Crippen molar-refractivity contribution in [1.29, 1.82) is 0 Å². The summed E-state index contributed by atoms with van der Waals surface area (Å²) >= 11 is 1.64. The summed E-state index contributed by atoms with van der Waals surface area (Å²) in [5.41, 5.74) is 7.55. The van der Waals surface area contributed by atoms with E-state index in [2.05, 4.69) is 15.3 Å². The number of benzene rings is 1. The summed E-state index contributed by atoms with van der Waals surface area (Å²) in [6.07, 6.45) is 2.58. The third-order valence-corrected chi connectivity index (χ3v) is 4.13. The van der Waals surface area contributed by atoms with E-state index in [9.17, 15) is 4.39 Å². The highest BCUT2D eigenvalue weighted by Gasteiger charge is 2.00. The summed E-state index contributed by atoms with van der Waals surface area (Å²) in [7, 11) is 0. The third kappa shape index (κ3) is 7.96. The van der Waals surface area contributed by atoms with Crippen LogP contribution < -0.4 is 11.1 Å². The Bertz CT molecular complexity index is 625. The minimum absolute atomic E-state index is 0. The van der Waals surface area contributed by atoms with Crippen molar-refractivity contribution in [1.82, 2.24) is 10.3 Å². The first-order chi connectivity index (χ1) is 11.3. The SMILES string of the molecule is I.NC(=NCCSCc1ccccc1F)NCCc1ccccn1. The molecular weight excluding hydrogens is 438 g/mol. The smallest absolute Gasteiger partial charge is 0.188 e. The quantitative estimate of drug-likeness (QED) is 0.275. The van der Waals surface area contributed by atoms with E-state index in [-0.39, 0.29) is 29.8 Å². The zero-order valence-corrected chi connectivity index (χ0v) is 16.5. The van der Waals surface area contributed by atoms with Gasteiger partial charge < -0.3 is 11.1 Å². The van der Waals surface area contributed by atoms with E-state index < -0.39 is 0 Å². The van der Waals surface area contributed by atoms with Crippen LogP contribution in [0.1, 0.15) is 11.3 Å². The summed E-state index contributed by atoms with van der Waals surface area (Å²) in [6, 6.07) is 12.7. The van der Waals surface area contributed by atoms with Gasteiger partial charge in [0, 0.05) is 36.4 Å². The first-order valence-corrected chi connectivity index (χ1v) is 8.66. The number of pyridine rings is 1. The lowest BCUT2D eigenvalue weighted by Gasteiger charge is -2.05. The van der Waals surface area contributed by atoms with E-state index >= 15 is 0 Å². The van der Waals surface area contributed by atoms with Gasteiger partial charge in [0.2, 0.25) is 0 Å². The summed E-state index contributed by atoms with van der Waals surface area (Å²) in [5, 5.41) is 3.07. The Labute approximate surface area is 163 Å². The number of halogens is 2. The maximum atomic E-state index is 13.4. The number of thioether (sulfide) groups is 1. The molecular formula is C17H22FIN4S. The predicted molar refractivity (Wildman–Crippen MR) is 110 cm³/mol. The van der Waals surface area contributed by atoms with Crippen LogP contribution in [0, 0.1) is 5.82 Å². The van der Waals surface area contributed by atoms with Crippen molar-refractivity contribution >= 4 is 41.7 Å². The molecule has 0 aliphatic rings. The van der Waals surface area contributed by atoms with E-state index in [1.165, 1.54) is 6.07 Å². The molecule has 1 aromatic carbocycles. The highest BCUT2D eigenvalue weighted by atomic mass is 127. The van der Waals surface area contributed by atoms with Gasteiger partial charge in [-0.1, -0.05) is 24.3 Å². The van der Waals surface area contributed by atoms with Crippen molar-refractivity contribution in [2.24, 2.45) is 10.7 Å². The second-order valence-electron chi connectivity index (χ2n) is 4.91. The van der Waals surface area contributed by atoms with E-state index in [4.69, 9.17) is 5.73 Å². The molecule has 130 valence electrons. The van der Waals surface area contributed by atoms with Crippen molar-refractivity contribution < 1.29 is 4.39 Å². The average Bonchev–Trinajstić information content (AvgIpc) is 2.57. The summed E-state index contributed by atoms with van der Waals surface area (Å²) in [5.74, 6) is 1.73. The van der Waals surface area contributed by atoms with Crippen molar-refractivity contribution in [3.63, 3.8) is 0 Å². The molecule has 0 radical (unpaired) electrons. The molecule has 1 aromatic heterocycles. The summed E-state index contributed by atoms with van der Waals surface area (Å²) in [4.78, 5) is 8.50. The molecule has 7 heteroatoms. The van der Waals surface area contributed by atoms with Crippen LogP contribution in [0.5, 0.6) is 0 Å². The number of rotatable bonds is 8.